The average molecular weight is 819 g/mol. The molecule has 0 spiro atoms. The van der Waals surface area contributed by atoms with Gasteiger partial charge in [-0.1, -0.05) is 60.7 Å². The zero-order valence-electron chi connectivity index (χ0n) is 34.7. The molecule has 6 aromatic rings. The van der Waals surface area contributed by atoms with Crippen molar-refractivity contribution in [3.63, 3.8) is 0 Å². The molecule has 0 aliphatic heterocycles. The van der Waals surface area contributed by atoms with Gasteiger partial charge in [-0.15, -0.1) is 0 Å². The summed E-state index contributed by atoms with van der Waals surface area (Å²) in [7, 11) is 0. The van der Waals surface area contributed by atoms with E-state index in [9.17, 15) is 24.3 Å². The molecule has 14 heteroatoms. The van der Waals surface area contributed by atoms with E-state index in [0.29, 0.717) is 28.3 Å². The van der Waals surface area contributed by atoms with Crippen LogP contribution >= 0.6 is 0 Å². The first kappa shape index (κ1) is 47.8. The molecule has 2 heterocycles. The van der Waals surface area contributed by atoms with Crippen LogP contribution in [0.5, 0.6) is 0 Å². The Kier molecular flexibility index (Phi) is 18.0. The fourth-order valence-electron chi connectivity index (χ4n) is 5.04. The predicted octanol–water partition coefficient (Wildman–Crippen LogP) is 6.08. The number of carboxylic acid groups (broad SMARTS) is 1. The van der Waals surface area contributed by atoms with Crippen molar-refractivity contribution < 1.29 is 63.3 Å². The monoisotopic (exact) mass is 818 g/mol. The summed E-state index contributed by atoms with van der Waals surface area (Å²) in [4.78, 5) is 54.6. The minimum atomic E-state index is -1.16. The SMILES string of the molecule is CC(C)(C)OC(=O)Nc1ccccc1N.CC(C)(C)OC(=O)Nc1ccccc1NC(=O)c1ccc(-c2ccncc2)cc1.O=C([O-])c1ccc(-c2ccncc2)cc1.[Na+]. The third kappa shape index (κ3) is 16.4. The molecule has 0 bridgehead atoms. The minimum absolute atomic E-state index is 0. The largest absolute Gasteiger partial charge is 1.00 e. The van der Waals surface area contributed by atoms with Crippen molar-refractivity contribution in [2.75, 3.05) is 21.7 Å². The van der Waals surface area contributed by atoms with Gasteiger partial charge in [0.25, 0.3) is 5.91 Å². The third-order valence-electron chi connectivity index (χ3n) is 7.70. The van der Waals surface area contributed by atoms with Gasteiger partial charge in [0.05, 0.1) is 28.7 Å². The second-order valence-electron chi connectivity index (χ2n) is 14.8. The van der Waals surface area contributed by atoms with Gasteiger partial charge in [-0.3, -0.25) is 25.4 Å². The summed E-state index contributed by atoms with van der Waals surface area (Å²) in [5.74, 6) is -1.43. The van der Waals surface area contributed by atoms with E-state index in [1.54, 1.807) is 139 Å². The first-order valence-electron chi connectivity index (χ1n) is 18.4. The standard InChI is InChI=1S/C23H23N3O3.C12H9NO2.C11H16N2O2.Na/c1-23(2,3)29-22(28)26-20-7-5-4-6-19(20)25-21(27)18-10-8-16(9-11-18)17-12-14-24-15-13-17;14-12(15)11-3-1-9(2-4-11)10-5-7-13-8-6-10;1-11(2,3)15-10(14)13-9-7-5-4-6-8(9)12;/h4-15H,1-3H3,(H,25,27)(H,26,28);1-8H,(H,14,15);4-7H,12H2,1-3H3,(H,13,14);/q;;;+1/p-1. The zero-order chi connectivity index (χ0) is 43.0. The Hall–Kier alpha value is -6.54. The third-order valence-corrected chi connectivity index (χ3v) is 7.70. The number of para-hydroxylation sites is 4. The minimum Gasteiger partial charge on any atom is -0.545 e. The van der Waals surface area contributed by atoms with Gasteiger partial charge in [-0.25, -0.2) is 9.59 Å². The molecule has 0 aliphatic rings. The van der Waals surface area contributed by atoms with Crippen molar-refractivity contribution in [3.8, 4) is 22.3 Å². The summed E-state index contributed by atoms with van der Waals surface area (Å²) in [5, 5.41) is 18.6. The molecule has 60 heavy (non-hydrogen) atoms. The van der Waals surface area contributed by atoms with Crippen molar-refractivity contribution >= 4 is 46.8 Å². The second kappa shape index (κ2) is 22.6. The topological polar surface area (TPSA) is 198 Å². The maximum atomic E-state index is 12.7. The molecule has 0 unspecified atom stereocenters. The van der Waals surface area contributed by atoms with Gasteiger partial charge in [0, 0.05) is 30.4 Å². The van der Waals surface area contributed by atoms with E-state index in [4.69, 9.17) is 15.2 Å². The van der Waals surface area contributed by atoms with Crippen molar-refractivity contribution in [1.29, 1.82) is 0 Å². The maximum Gasteiger partial charge on any atom is 1.00 e. The van der Waals surface area contributed by atoms with Crippen LogP contribution in [0.2, 0.25) is 0 Å². The Balaban J connectivity index is 0.000000262. The molecule has 4 aromatic carbocycles. The molecular formula is C46H47N6NaO7. The number of rotatable bonds is 7. The molecule has 0 fully saturated rings. The number of carboxylic acids is 1. The van der Waals surface area contributed by atoms with Crippen LogP contribution < -0.4 is 56.3 Å². The van der Waals surface area contributed by atoms with Gasteiger partial charge < -0.3 is 30.4 Å². The van der Waals surface area contributed by atoms with E-state index in [2.05, 4.69) is 25.9 Å². The van der Waals surface area contributed by atoms with Crippen LogP contribution in [-0.2, 0) is 9.47 Å². The molecule has 6 rings (SSSR count). The van der Waals surface area contributed by atoms with Crippen LogP contribution in [0.3, 0.4) is 0 Å². The number of hydrogen-bond donors (Lipinski definition) is 4. The summed E-state index contributed by atoms with van der Waals surface area (Å²) in [5.41, 5.74) is 11.3. The number of benzene rings is 4. The molecule has 0 saturated heterocycles. The zero-order valence-corrected chi connectivity index (χ0v) is 36.7. The van der Waals surface area contributed by atoms with Crippen molar-refractivity contribution in [2.24, 2.45) is 0 Å². The summed E-state index contributed by atoms with van der Waals surface area (Å²) in [6, 6.07) is 35.4. The van der Waals surface area contributed by atoms with Crippen LogP contribution in [0.1, 0.15) is 62.3 Å². The van der Waals surface area contributed by atoms with Gasteiger partial charge in [-0.05, 0) is 130 Å². The van der Waals surface area contributed by atoms with E-state index in [1.165, 1.54) is 12.1 Å². The quantitative estimate of drug-likeness (QED) is 0.108. The summed E-state index contributed by atoms with van der Waals surface area (Å²) >= 11 is 0. The molecule has 0 radical (unpaired) electrons. The van der Waals surface area contributed by atoms with Gasteiger partial charge in [0.2, 0.25) is 0 Å². The molecule has 0 atom stereocenters. The van der Waals surface area contributed by atoms with Gasteiger partial charge >= 0.3 is 41.7 Å². The molecule has 0 saturated carbocycles. The van der Waals surface area contributed by atoms with E-state index in [-0.39, 0.29) is 41.0 Å². The van der Waals surface area contributed by atoms with Crippen molar-refractivity contribution in [1.82, 2.24) is 9.97 Å². The van der Waals surface area contributed by atoms with E-state index in [1.807, 2.05) is 36.4 Å². The van der Waals surface area contributed by atoms with Crippen molar-refractivity contribution in [2.45, 2.75) is 52.7 Å². The Morgan fingerprint density at radius 2 is 0.850 bits per heavy atom. The number of nitrogen functional groups attached to an aromatic ring is 1. The Morgan fingerprint density at radius 3 is 1.25 bits per heavy atom. The second-order valence-corrected chi connectivity index (χ2v) is 14.8. The maximum absolute atomic E-state index is 12.7. The van der Waals surface area contributed by atoms with Crippen LogP contribution in [0.25, 0.3) is 22.3 Å². The van der Waals surface area contributed by atoms with E-state index < -0.39 is 29.4 Å². The smallest absolute Gasteiger partial charge is 0.545 e. The predicted molar refractivity (Wildman–Crippen MR) is 229 cm³/mol. The van der Waals surface area contributed by atoms with E-state index in [0.717, 1.165) is 22.3 Å². The number of hydrogen-bond acceptors (Lipinski definition) is 10. The number of amides is 3. The summed E-state index contributed by atoms with van der Waals surface area (Å²) in [6.45, 7) is 10.8. The molecule has 3 amide bonds. The van der Waals surface area contributed by atoms with Crippen LogP contribution in [-0.4, -0.2) is 45.2 Å². The van der Waals surface area contributed by atoms with Gasteiger partial charge in [0.1, 0.15) is 11.2 Å². The van der Waals surface area contributed by atoms with Crippen LogP contribution in [0, 0.1) is 0 Å². The normalized spacial score (nSPS) is 10.4. The van der Waals surface area contributed by atoms with Crippen molar-refractivity contribution in [3.05, 3.63) is 157 Å². The van der Waals surface area contributed by atoms with Gasteiger partial charge in [0.15, 0.2) is 0 Å². The van der Waals surface area contributed by atoms with E-state index >= 15 is 0 Å². The molecule has 5 N–H and O–H groups in total. The molecule has 2 aromatic heterocycles. The Morgan fingerprint density at radius 1 is 0.500 bits per heavy atom. The first-order valence-corrected chi connectivity index (χ1v) is 18.4. The summed E-state index contributed by atoms with van der Waals surface area (Å²) in [6.07, 6.45) is 5.76. The number of ether oxygens (including phenoxy) is 2. The number of nitrogens with two attached hydrogens (primary N) is 1. The number of aromatic carboxylic acids is 1. The summed E-state index contributed by atoms with van der Waals surface area (Å²) < 4.78 is 10.4. The first-order chi connectivity index (χ1) is 28.0. The van der Waals surface area contributed by atoms with Gasteiger partial charge in [-0.2, -0.15) is 0 Å². The fraction of sp³-hybridized carbons (Fsp3) is 0.174. The molecular weight excluding hydrogens is 772 g/mol. The fourth-order valence-corrected chi connectivity index (χ4v) is 5.04. The average Bonchev–Trinajstić information content (AvgIpc) is 3.19. The molecule has 0 aliphatic carbocycles. The molecule has 13 nitrogen and oxygen atoms in total. The Bertz CT molecular complexity index is 2310. The van der Waals surface area contributed by atoms with Crippen LogP contribution in [0.15, 0.2) is 146 Å². The van der Waals surface area contributed by atoms with Crippen LogP contribution in [0.4, 0.5) is 32.3 Å². The number of aromatic nitrogens is 2. The number of nitrogens with zero attached hydrogens (tertiary/aromatic N) is 2. The molecule has 304 valence electrons. The number of carbonyl (C=O) groups is 4. The number of pyridine rings is 2. The number of anilines is 4. The number of carbonyl (C=O) groups excluding carboxylic acids is 4. The number of nitrogens with one attached hydrogen (secondary N) is 3. The Labute approximate surface area is 372 Å².